The normalized spacial score (nSPS) is 11.1. The molecular formula is C18H13ClN4S2. The van der Waals surface area contributed by atoms with Crippen LogP contribution in [0.2, 0.25) is 5.02 Å². The maximum Gasteiger partial charge on any atom is 0.190 e. The van der Waals surface area contributed by atoms with Gasteiger partial charge in [-0.15, -0.1) is 0 Å². The van der Waals surface area contributed by atoms with E-state index in [2.05, 4.69) is 15.1 Å². The standard InChI is InChI=1S/C18H13ClN4S2/c1-24-18-21-16-13(11-20-23(16)12-7-3-2-4-8-12)17(22-18)25-15-10-6-5-9-14(15)19/h2-11H,1H3. The Balaban J connectivity index is 1.87. The Hall–Kier alpha value is -2.02. The van der Waals surface area contributed by atoms with Crippen LogP contribution in [0.5, 0.6) is 0 Å². The molecule has 25 heavy (non-hydrogen) atoms. The van der Waals surface area contributed by atoms with Gasteiger partial charge >= 0.3 is 0 Å². The number of halogens is 1. The molecule has 0 aliphatic carbocycles. The lowest BCUT2D eigenvalue weighted by Gasteiger charge is -2.07. The van der Waals surface area contributed by atoms with E-state index < -0.39 is 0 Å². The van der Waals surface area contributed by atoms with Gasteiger partial charge in [-0.05, 0) is 30.5 Å². The van der Waals surface area contributed by atoms with Gasteiger partial charge in [0, 0.05) is 4.90 Å². The van der Waals surface area contributed by atoms with Crippen LogP contribution in [-0.4, -0.2) is 26.0 Å². The molecule has 0 spiro atoms. The minimum atomic E-state index is 0.708. The average molecular weight is 385 g/mol. The second-order valence-corrected chi connectivity index (χ2v) is 7.39. The molecule has 0 radical (unpaired) electrons. The number of fused-ring (bicyclic) bond motifs is 1. The number of hydrogen-bond acceptors (Lipinski definition) is 5. The van der Waals surface area contributed by atoms with Crippen molar-refractivity contribution in [3.63, 3.8) is 0 Å². The Morgan fingerprint density at radius 1 is 0.960 bits per heavy atom. The maximum absolute atomic E-state index is 6.31. The summed E-state index contributed by atoms with van der Waals surface area (Å²) in [7, 11) is 0. The van der Waals surface area contributed by atoms with Crippen molar-refractivity contribution in [1.82, 2.24) is 19.7 Å². The van der Waals surface area contributed by atoms with Crippen molar-refractivity contribution in [2.75, 3.05) is 6.26 Å². The lowest BCUT2D eigenvalue weighted by Crippen LogP contribution is -1.99. The summed E-state index contributed by atoms with van der Waals surface area (Å²) in [6.07, 6.45) is 3.78. The van der Waals surface area contributed by atoms with Crippen molar-refractivity contribution in [3.8, 4) is 5.69 Å². The molecule has 4 aromatic rings. The van der Waals surface area contributed by atoms with Crippen LogP contribution >= 0.6 is 35.1 Å². The Labute approximate surface area is 158 Å². The molecule has 0 saturated carbocycles. The van der Waals surface area contributed by atoms with Gasteiger partial charge in [0.25, 0.3) is 0 Å². The highest BCUT2D eigenvalue weighted by atomic mass is 35.5. The fraction of sp³-hybridized carbons (Fsp3) is 0.0556. The Morgan fingerprint density at radius 2 is 1.72 bits per heavy atom. The molecule has 0 aliphatic rings. The van der Waals surface area contributed by atoms with Gasteiger partial charge in [-0.25, -0.2) is 14.6 Å². The van der Waals surface area contributed by atoms with E-state index in [1.165, 1.54) is 23.5 Å². The quantitative estimate of drug-likeness (QED) is 0.270. The van der Waals surface area contributed by atoms with E-state index in [-0.39, 0.29) is 0 Å². The lowest BCUT2D eigenvalue weighted by atomic mass is 10.3. The zero-order valence-electron chi connectivity index (χ0n) is 13.3. The Kier molecular flexibility index (Phi) is 4.65. The SMILES string of the molecule is CSc1nc(Sc2ccccc2Cl)c2cnn(-c3ccccc3)c2n1. The van der Waals surface area contributed by atoms with Crippen molar-refractivity contribution < 1.29 is 0 Å². The summed E-state index contributed by atoms with van der Waals surface area (Å²) >= 11 is 9.35. The van der Waals surface area contributed by atoms with Crippen LogP contribution in [0.3, 0.4) is 0 Å². The van der Waals surface area contributed by atoms with Crippen LogP contribution in [0.15, 0.2) is 75.9 Å². The molecule has 4 rings (SSSR count). The molecule has 0 saturated heterocycles. The molecule has 7 heteroatoms. The molecule has 0 aliphatic heterocycles. The summed E-state index contributed by atoms with van der Waals surface area (Å²) < 4.78 is 1.84. The number of aromatic nitrogens is 4. The third kappa shape index (κ3) is 3.25. The number of para-hydroxylation sites is 1. The lowest BCUT2D eigenvalue weighted by molar-refractivity contribution is 0.864. The summed E-state index contributed by atoms with van der Waals surface area (Å²) in [5.41, 5.74) is 1.76. The number of nitrogens with zero attached hydrogens (tertiary/aromatic N) is 4. The van der Waals surface area contributed by atoms with Gasteiger partial charge in [0.15, 0.2) is 10.8 Å². The van der Waals surface area contributed by atoms with Crippen molar-refractivity contribution in [1.29, 1.82) is 0 Å². The molecule has 4 nitrogen and oxygen atoms in total. The average Bonchev–Trinajstić information content (AvgIpc) is 3.08. The predicted octanol–water partition coefficient (Wildman–Crippen LogP) is 5.34. The van der Waals surface area contributed by atoms with E-state index in [1.54, 1.807) is 0 Å². The van der Waals surface area contributed by atoms with Gasteiger partial charge in [-0.1, -0.05) is 65.5 Å². The first kappa shape index (κ1) is 16.4. The molecule has 0 fully saturated rings. The first-order chi connectivity index (χ1) is 12.3. The van der Waals surface area contributed by atoms with Crippen LogP contribution in [0.25, 0.3) is 16.7 Å². The van der Waals surface area contributed by atoms with Crippen LogP contribution in [0, 0.1) is 0 Å². The van der Waals surface area contributed by atoms with Gasteiger partial charge in [0.2, 0.25) is 0 Å². The molecular weight excluding hydrogens is 372 g/mol. The summed E-state index contributed by atoms with van der Waals surface area (Å²) in [5, 5.41) is 7.70. The summed E-state index contributed by atoms with van der Waals surface area (Å²) in [6, 6.07) is 17.7. The molecule has 2 heterocycles. The summed E-state index contributed by atoms with van der Waals surface area (Å²) in [5.74, 6) is 0. The second-order valence-electron chi connectivity index (χ2n) is 5.18. The molecule has 0 atom stereocenters. The fourth-order valence-electron chi connectivity index (χ4n) is 2.42. The Bertz CT molecular complexity index is 1030. The number of benzene rings is 2. The maximum atomic E-state index is 6.31. The third-order valence-corrected chi connectivity index (χ3v) is 5.67. The molecule has 0 N–H and O–H groups in total. The zero-order valence-corrected chi connectivity index (χ0v) is 15.6. The number of rotatable bonds is 4. The number of hydrogen-bond donors (Lipinski definition) is 0. The van der Waals surface area contributed by atoms with Gasteiger partial charge in [0.05, 0.1) is 22.3 Å². The molecule has 0 amide bonds. The second kappa shape index (κ2) is 7.07. The zero-order chi connectivity index (χ0) is 17.2. The summed E-state index contributed by atoms with van der Waals surface area (Å²) in [4.78, 5) is 10.3. The summed E-state index contributed by atoms with van der Waals surface area (Å²) in [6.45, 7) is 0. The predicted molar refractivity (Wildman–Crippen MR) is 104 cm³/mol. The fourth-order valence-corrected chi connectivity index (χ4v) is 4.00. The monoisotopic (exact) mass is 384 g/mol. The van der Waals surface area contributed by atoms with Gasteiger partial charge in [0.1, 0.15) is 5.03 Å². The van der Waals surface area contributed by atoms with E-state index in [0.717, 1.165) is 26.6 Å². The van der Waals surface area contributed by atoms with E-state index >= 15 is 0 Å². The van der Waals surface area contributed by atoms with Crippen molar-refractivity contribution in [3.05, 3.63) is 65.8 Å². The van der Waals surface area contributed by atoms with E-state index in [4.69, 9.17) is 11.6 Å². The smallest absolute Gasteiger partial charge is 0.190 e. The highest BCUT2D eigenvalue weighted by Gasteiger charge is 2.15. The van der Waals surface area contributed by atoms with Crippen LogP contribution in [0.1, 0.15) is 0 Å². The van der Waals surface area contributed by atoms with Gasteiger partial charge in [-0.3, -0.25) is 0 Å². The van der Waals surface area contributed by atoms with E-state index in [9.17, 15) is 0 Å². The first-order valence-corrected chi connectivity index (χ1v) is 9.96. The highest BCUT2D eigenvalue weighted by Crippen LogP contribution is 2.36. The van der Waals surface area contributed by atoms with Crippen LogP contribution in [0.4, 0.5) is 0 Å². The van der Waals surface area contributed by atoms with E-state index in [0.29, 0.717) is 10.2 Å². The van der Waals surface area contributed by atoms with Crippen molar-refractivity contribution in [2.24, 2.45) is 0 Å². The first-order valence-electron chi connectivity index (χ1n) is 7.54. The van der Waals surface area contributed by atoms with Gasteiger partial charge < -0.3 is 0 Å². The molecule has 124 valence electrons. The minimum absolute atomic E-state index is 0.708. The van der Waals surface area contributed by atoms with E-state index in [1.807, 2.05) is 71.7 Å². The molecule has 0 unspecified atom stereocenters. The Morgan fingerprint density at radius 3 is 2.48 bits per heavy atom. The minimum Gasteiger partial charge on any atom is -0.215 e. The van der Waals surface area contributed by atoms with Crippen LogP contribution in [-0.2, 0) is 0 Å². The third-order valence-electron chi connectivity index (χ3n) is 3.60. The molecule has 0 bridgehead atoms. The van der Waals surface area contributed by atoms with Crippen LogP contribution < -0.4 is 0 Å². The highest BCUT2D eigenvalue weighted by molar-refractivity contribution is 7.99. The number of thioether (sulfide) groups is 1. The molecule has 2 aromatic heterocycles. The van der Waals surface area contributed by atoms with Crippen molar-refractivity contribution in [2.45, 2.75) is 15.1 Å². The van der Waals surface area contributed by atoms with Crippen molar-refractivity contribution >= 4 is 46.2 Å². The van der Waals surface area contributed by atoms with Gasteiger partial charge in [-0.2, -0.15) is 5.10 Å². The topological polar surface area (TPSA) is 43.6 Å². The largest absolute Gasteiger partial charge is 0.215 e. The molecule has 2 aromatic carbocycles.